The Morgan fingerprint density at radius 2 is 2.05 bits per heavy atom. The molecule has 0 spiro atoms. The second kappa shape index (κ2) is 6.58. The van der Waals surface area contributed by atoms with E-state index in [9.17, 15) is 9.59 Å². The van der Waals surface area contributed by atoms with Crippen molar-refractivity contribution in [2.24, 2.45) is 0 Å². The standard InChI is InChI=1S/C15H21N3O2S/c19-14(15(20)17-12-3-4-12)16-9-13(11-5-8-21-10-11)18-6-1-2-7-18/h5,8,10,12-13H,1-4,6-7,9H2,(H,16,19)(H,17,20)/t13-/m1/s1. The van der Waals surface area contributed by atoms with Crippen LogP contribution < -0.4 is 10.6 Å². The van der Waals surface area contributed by atoms with Gasteiger partial charge >= 0.3 is 11.8 Å². The van der Waals surface area contributed by atoms with E-state index in [1.54, 1.807) is 11.3 Å². The highest BCUT2D eigenvalue weighted by Gasteiger charge is 2.28. The first kappa shape index (κ1) is 14.5. The lowest BCUT2D eigenvalue weighted by Crippen LogP contribution is -2.44. The molecule has 2 amide bonds. The number of likely N-dealkylation sites (tertiary alicyclic amines) is 1. The highest BCUT2D eigenvalue weighted by molar-refractivity contribution is 7.07. The van der Waals surface area contributed by atoms with E-state index in [1.807, 2.05) is 0 Å². The molecule has 1 aromatic rings. The summed E-state index contributed by atoms with van der Waals surface area (Å²) >= 11 is 1.67. The van der Waals surface area contributed by atoms with Crippen LogP contribution in [0.3, 0.4) is 0 Å². The molecule has 3 rings (SSSR count). The average molecular weight is 307 g/mol. The number of rotatable bonds is 5. The summed E-state index contributed by atoms with van der Waals surface area (Å²) in [6, 6.07) is 2.50. The molecule has 114 valence electrons. The molecule has 0 unspecified atom stereocenters. The summed E-state index contributed by atoms with van der Waals surface area (Å²) < 4.78 is 0. The van der Waals surface area contributed by atoms with Crippen molar-refractivity contribution < 1.29 is 9.59 Å². The Kier molecular flexibility index (Phi) is 4.55. The summed E-state index contributed by atoms with van der Waals surface area (Å²) in [6.45, 7) is 2.61. The zero-order valence-electron chi connectivity index (χ0n) is 12.0. The van der Waals surface area contributed by atoms with Gasteiger partial charge in [0.05, 0.1) is 6.04 Å². The van der Waals surface area contributed by atoms with Crippen molar-refractivity contribution in [3.8, 4) is 0 Å². The van der Waals surface area contributed by atoms with Crippen LogP contribution in [0.5, 0.6) is 0 Å². The molecule has 0 bridgehead atoms. The molecule has 1 atom stereocenters. The van der Waals surface area contributed by atoms with Crippen molar-refractivity contribution in [3.05, 3.63) is 22.4 Å². The minimum absolute atomic E-state index is 0.177. The molecule has 2 fully saturated rings. The maximum absolute atomic E-state index is 11.9. The summed E-state index contributed by atoms with van der Waals surface area (Å²) in [5.41, 5.74) is 1.23. The van der Waals surface area contributed by atoms with Crippen molar-refractivity contribution in [2.75, 3.05) is 19.6 Å². The molecule has 1 saturated carbocycles. The molecule has 6 heteroatoms. The Morgan fingerprint density at radius 1 is 1.29 bits per heavy atom. The fourth-order valence-corrected chi connectivity index (χ4v) is 3.43. The maximum atomic E-state index is 11.9. The minimum atomic E-state index is -0.513. The van der Waals surface area contributed by atoms with E-state index >= 15 is 0 Å². The smallest absolute Gasteiger partial charge is 0.309 e. The lowest BCUT2D eigenvalue weighted by Gasteiger charge is -2.27. The molecule has 1 aromatic heterocycles. The van der Waals surface area contributed by atoms with Crippen LogP contribution in [0.15, 0.2) is 16.8 Å². The third-order valence-electron chi connectivity index (χ3n) is 4.08. The van der Waals surface area contributed by atoms with Gasteiger partial charge in [0, 0.05) is 12.6 Å². The van der Waals surface area contributed by atoms with E-state index in [0.717, 1.165) is 25.9 Å². The van der Waals surface area contributed by atoms with E-state index in [0.29, 0.717) is 6.54 Å². The molecule has 5 nitrogen and oxygen atoms in total. The van der Waals surface area contributed by atoms with Gasteiger partial charge in [-0.05, 0) is 61.2 Å². The predicted octanol–water partition coefficient (Wildman–Crippen LogP) is 1.28. The molecule has 1 aliphatic heterocycles. The normalized spacial score (nSPS) is 20.2. The third-order valence-corrected chi connectivity index (χ3v) is 4.79. The Labute approximate surface area is 128 Å². The Bertz CT molecular complexity index is 493. The summed E-state index contributed by atoms with van der Waals surface area (Å²) in [5, 5.41) is 9.69. The van der Waals surface area contributed by atoms with Crippen LogP contribution in [0.25, 0.3) is 0 Å². The monoisotopic (exact) mass is 307 g/mol. The van der Waals surface area contributed by atoms with E-state index in [2.05, 4.69) is 32.4 Å². The SMILES string of the molecule is O=C(NC[C@H](c1ccsc1)N1CCCC1)C(=O)NC1CC1. The Balaban J connectivity index is 1.56. The van der Waals surface area contributed by atoms with Crippen LogP contribution in [0.2, 0.25) is 0 Å². The molecule has 1 saturated heterocycles. The second-order valence-corrected chi connectivity index (χ2v) is 6.55. The van der Waals surface area contributed by atoms with Gasteiger partial charge in [-0.15, -0.1) is 0 Å². The highest BCUT2D eigenvalue weighted by atomic mass is 32.1. The first-order valence-corrected chi connectivity index (χ1v) is 8.53. The largest absolute Gasteiger partial charge is 0.346 e. The van der Waals surface area contributed by atoms with Crippen LogP contribution in [0.4, 0.5) is 0 Å². The number of nitrogens with one attached hydrogen (secondary N) is 2. The fourth-order valence-electron chi connectivity index (χ4n) is 2.72. The number of carbonyl (C=O) groups is 2. The molecular formula is C15H21N3O2S. The number of hydrogen-bond donors (Lipinski definition) is 2. The van der Waals surface area contributed by atoms with Crippen molar-refractivity contribution in [2.45, 2.75) is 37.8 Å². The van der Waals surface area contributed by atoms with E-state index in [-0.39, 0.29) is 12.1 Å². The van der Waals surface area contributed by atoms with Gasteiger partial charge in [0.25, 0.3) is 0 Å². The topological polar surface area (TPSA) is 61.4 Å². The summed E-state index contributed by atoms with van der Waals surface area (Å²) in [5.74, 6) is -1.01. The van der Waals surface area contributed by atoms with Crippen LogP contribution in [-0.2, 0) is 9.59 Å². The number of hydrogen-bond acceptors (Lipinski definition) is 4. The molecular weight excluding hydrogens is 286 g/mol. The molecule has 21 heavy (non-hydrogen) atoms. The summed E-state index contributed by atoms with van der Waals surface area (Å²) in [4.78, 5) is 25.9. The zero-order chi connectivity index (χ0) is 14.7. The third kappa shape index (κ3) is 3.83. The lowest BCUT2D eigenvalue weighted by atomic mass is 10.1. The number of amides is 2. The van der Waals surface area contributed by atoms with Crippen LogP contribution in [-0.4, -0.2) is 42.4 Å². The van der Waals surface area contributed by atoms with E-state index < -0.39 is 11.8 Å². The van der Waals surface area contributed by atoms with Gasteiger partial charge in [0.1, 0.15) is 0 Å². The van der Waals surface area contributed by atoms with Gasteiger partial charge in [-0.3, -0.25) is 14.5 Å². The highest BCUT2D eigenvalue weighted by Crippen LogP contribution is 2.26. The Morgan fingerprint density at radius 3 is 2.67 bits per heavy atom. The van der Waals surface area contributed by atoms with Gasteiger partial charge in [-0.25, -0.2) is 0 Å². The van der Waals surface area contributed by atoms with Gasteiger partial charge in [-0.1, -0.05) is 0 Å². The molecule has 2 heterocycles. The first-order valence-electron chi connectivity index (χ1n) is 7.59. The number of thiophene rings is 1. The quantitative estimate of drug-likeness (QED) is 0.806. The molecule has 1 aliphatic carbocycles. The Hall–Kier alpha value is -1.40. The maximum Gasteiger partial charge on any atom is 0.309 e. The summed E-state index contributed by atoms with van der Waals surface area (Å²) in [7, 11) is 0. The van der Waals surface area contributed by atoms with Crippen LogP contribution in [0.1, 0.15) is 37.3 Å². The van der Waals surface area contributed by atoms with Crippen molar-refractivity contribution >= 4 is 23.2 Å². The van der Waals surface area contributed by atoms with Crippen LogP contribution in [0, 0.1) is 0 Å². The predicted molar refractivity (Wildman–Crippen MR) is 82.0 cm³/mol. The van der Waals surface area contributed by atoms with Gasteiger partial charge in [0.15, 0.2) is 0 Å². The van der Waals surface area contributed by atoms with E-state index in [4.69, 9.17) is 0 Å². The van der Waals surface area contributed by atoms with E-state index in [1.165, 1.54) is 18.4 Å². The molecule has 2 aliphatic rings. The van der Waals surface area contributed by atoms with Gasteiger partial charge in [0.2, 0.25) is 0 Å². The summed E-state index contributed by atoms with van der Waals surface area (Å²) in [6.07, 6.45) is 4.39. The second-order valence-electron chi connectivity index (χ2n) is 5.77. The lowest BCUT2D eigenvalue weighted by molar-refractivity contribution is -0.139. The average Bonchev–Trinajstić information content (AvgIpc) is 2.99. The molecule has 2 N–H and O–H groups in total. The van der Waals surface area contributed by atoms with Gasteiger partial charge < -0.3 is 10.6 Å². The van der Waals surface area contributed by atoms with Crippen molar-refractivity contribution in [1.29, 1.82) is 0 Å². The zero-order valence-corrected chi connectivity index (χ0v) is 12.8. The first-order chi connectivity index (χ1) is 10.2. The molecule has 0 radical (unpaired) electrons. The number of carbonyl (C=O) groups excluding carboxylic acids is 2. The van der Waals surface area contributed by atoms with Gasteiger partial charge in [-0.2, -0.15) is 11.3 Å². The minimum Gasteiger partial charge on any atom is -0.346 e. The van der Waals surface area contributed by atoms with Crippen molar-refractivity contribution in [1.82, 2.24) is 15.5 Å². The van der Waals surface area contributed by atoms with Crippen molar-refractivity contribution in [3.63, 3.8) is 0 Å². The molecule has 0 aromatic carbocycles. The fraction of sp³-hybridized carbons (Fsp3) is 0.600. The number of nitrogens with zero attached hydrogens (tertiary/aromatic N) is 1. The van der Waals surface area contributed by atoms with Crippen LogP contribution >= 0.6 is 11.3 Å².